The number of halogens is 1. The van der Waals surface area contributed by atoms with Crippen LogP contribution in [0.25, 0.3) is 0 Å². The minimum Gasteiger partial charge on any atom is -0.492 e. The van der Waals surface area contributed by atoms with E-state index in [1.807, 2.05) is 6.07 Å². The van der Waals surface area contributed by atoms with Gasteiger partial charge in [-0.05, 0) is 24.1 Å². The molecule has 0 amide bonds. The van der Waals surface area contributed by atoms with E-state index in [2.05, 4.69) is 28.9 Å². The molecule has 0 atom stereocenters. The van der Waals surface area contributed by atoms with Gasteiger partial charge in [0.05, 0.1) is 12.2 Å². The summed E-state index contributed by atoms with van der Waals surface area (Å²) in [5.74, 6) is 1.04. The van der Waals surface area contributed by atoms with Crippen LogP contribution in [-0.4, -0.2) is 12.4 Å². The van der Waals surface area contributed by atoms with Crippen molar-refractivity contribution in [3.63, 3.8) is 0 Å². The quantitative estimate of drug-likeness (QED) is 0.525. The highest BCUT2D eigenvalue weighted by Crippen LogP contribution is 2.33. The molecular weight excluding hydrogens is 304 g/mol. The second-order valence-electron chi connectivity index (χ2n) is 5.13. The molecule has 0 aliphatic carbocycles. The highest BCUT2D eigenvalue weighted by Gasteiger charge is 2.21. The Morgan fingerprint density at radius 2 is 2.05 bits per heavy atom. The van der Waals surface area contributed by atoms with E-state index >= 15 is 0 Å². The molecule has 0 saturated heterocycles. The molecule has 2 nitrogen and oxygen atoms in total. The third-order valence-corrected chi connectivity index (χ3v) is 4.01. The van der Waals surface area contributed by atoms with Gasteiger partial charge in [-0.15, -0.1) is 0 Å². The van der Waals surface area contributed by atoms with E-state index in [-0.39, 0.29) is 5.78 Å². The van der Waals surface area contributed by atoms with Gasteiger partial charge in [-0.1, -0.05) is 48.5 Å². The number of Topliss-reactive ketones (excluding diaryl/α,β-unsaturated/α-hetero) is 1. The number of rotatable bonds is 7. The second-order valence-corrected chi connectivity index (χ2v) is 6.04. The van der Waals surface area contributed by atoms with Crippen LogP contribution in [0.2, 0.25) is 0 Å². The number of ether oxygens (including phenoxy) is 1. The lowest BCUT2D eigenvalue weighted by Crippen LogP contribution is -2.02. The Morgan fingerprint density at radius 1 is 1.26 bits per heavy atom. The zero-order chi connectivity index (χ0) is 13.7. The molecule has 19 heavy (non-hydrogen) atoms. The third-order valence-electron chi connectivity index (χ3n) is 3.56. The summed E-state index contributed by atoms with van der Waals surface area (Å²) in [6.45, 7) is 2.90. The molecule has 1 aliphatic heterocycles. The fraction of sp³-hybridized carbons (Fsp3) is 0.562. The molecule has 0 spiro atoms. The molecule has 0 bridgehead atoms. The number of carbonyl (C=O) groups is 1. The first-order valence-electron chi connectivity index (χ1n) is 7.20. The standard InChI is InChI=1S/C16H21BrO2/c1-2-3-4-5-6-7-15(18)14-11-13(17)10-12-8-9-19-16(12)14/h10-11H,2-9H2,1H3. The first kappa shape index (κ1) is 14.6. The molecule has 0 N–H and O–H groups in total. The Labute approximate surface area is 123 Å². The first-order chi connectivity index (χ1) is 9.22. The maximum Gasteiger partial charge on any atom is 0.166 e. The van der Waals surface area contributed by atoms with Gasteiger partial charge < -0.3 is 4.74 Å². The van der Waals surface area contributed by atoms with Crippen LogP contribution < -0.4 is 4.74 Å². The summed E-state index contributed by atoms with van der Waals surface area (Å²) in [6, 6.07) is 3.96. The molecule has 1 heterocycles. The van der Waals surface area contributed by atoms with Gasteiger partial charge in [0, 0.05) is 17.3 Å². The Hall–Kier alpha value is -0.830. The first-order valence-corrected chi connectivity index (χ1v) is 8.00. The van der Waals surface area contributed by atoms with Gasteiger partial charge in [-0.2, -0.15) is 0 Å². The van der Waals surface area contributed by atoms with Crippen LogP contribution in [0.4, 0.5) is 0 Å². The molecule has 1 aromatic carbocycles. The SMILES string of the molecule is CCCCCCCC(=O)c1cc(Br)cc2c1OCC2. The Kier molecular flexibility index (Phi) is 5.44. The average molecular weight is 325 g/mol. The molecule has 1 aromatic rings. The van der Waals surface area contributed by atoms with Gasteiger partial charge in [0.1, 0.15) is 5.75 Å². The number of ketones is 1. The van der Waals surface area contributed by atoms with E-state index < -0.39 is 0 Å². The highest BCUT2D eigenvalue weighted by atomic mass is 79.9. The number of unbranched alkanes of at least 4 members (excludes halogenated alkanes) is 4. The summed E-state index contributed by atoms with van der Waals surface area (Å²) in [7, 11) is 0. The lowest BCUT2D eigenvalue weighted by molar-refractivity contribution is 0.0976. The van der Waals surface area contributed by atoms with Crippen molar-refractivity contribution in [3.8, 4) is 5.75 Å². The molecule has 2 rings (SSSR count). The van der Waals surface area contributed by atoms with E-state index in [1.54, 1.807) is 0 Å². The smallest absolute Gasteiger partial charge is 0.166 e. The maximum absolute atomic E-state index is 12.3. The van der Waals surface area contributed by atoms with Crippen LogP contribution in [-0.2, 0) is 6.42 Å². The van der Waals surface area contributed by atoms with Crippen molar-refractivity contribution in [1.29, 1.82) is 0 Å². The minimum atomic E-state index is 0.218. The van der Waals surface area contributed by atoms with Crippen LogP contribution in [0.1, 0.15) is 61.4 Å². The van der Waals surface area contributed by atoms with Crippen molar-refractivity contribution < 1.29 is 9.53 Å². The molecule has 0 saturated carbocycles. The van der Waals surface area contributed by atoms with Crippen LogP contribution in [0.3, 0.4) is 0 Å². The van der Waals surface area contributed by atoms with E-state index in [4.69, 9.17) is 4.74 Å². The molecule has 1 aliphatic rings. The van der Waals surface area contributed by atoms with Crippen LogP contribution >= 0.6 is 15.9 Å². The molecule has 104 valence electrons. The molecule has 0 unspecified atom stereocenters. The van der Waals surface area contributed by atoms with Crippen molar-refractivity contribution >= 4 is 21.7 Å². The molecule has 0 radical (unpaired) electrons. The van der Waals surface area contributed by atoms with Gasteiger partial charge in [0.2, 0.25) is 0 Å². The lowest BCUT2D eigenvalue weighted by Gasteiger charge is -2.08. The van der Waals surface area contributed by atoms with Crippen molar-refractivity contribution in [2.75, 3.05) is 6.61 Å². The summed E-state index contributed by atoms with van der Waals surface area (Å²) in [6.07, 6.45) is 7.42. The topological polar surface area (TPSA) is 26.3 Å². The van der Waals surface area contributed by atoms with Gasteiger partial charge in [-0.3, -0.25) is 4.79 Å². The van der Waals surface area contributed by atoms with Crippen molar-refractivity contribution in [2.24, 2.45) is 0 Å². The predicted molar refractivity (Wildman–Crippen MR) is 81.0 cm³/mol. The van der Waals surface area contributed by atoms with Crippen LogP contribution in [0.5, 0.6) is 5.75 Å². The normalized spacial score (nSPS) is 13.2. The van der Waals surface area contributed by atoms with Crippen molar-refractivity contribution in [3.05, 3.63) is 27.7 Å². The van der Waals surface area contributed by atoms with Gasteiger partial charge >= 0.3 is 0 Å². The second kappa shape index (κ2) is 7.09. The largest absolute Gasteiger partial charge is 0.492 e. The van der Waals surface area contributed by atoms with Crippen LogP contribution in [0.15, 0.2) is 16.6 Å². The van der Waals surface area contributed by atoms with Gasteiger partial charge in [0.15, 0.2) is 5.78 Å². The summed E-state index contributed by atoms with van der Waals surface area (Å²) in [5, 5.41) is 0. The molecule has 3 heteroatoms. The minimum absolute atomic E-state index is 0.218. The maximum atomic E-state index is 12.3. The van der Waals surface area contributed by atoms with Crippen LogP contribution in [0, 0.1) is 0 Å². The zero-order valence-corrected chi connectivity index (χ0v) is 13.1. The van der Waals surface area contributed by atoms with Crippen molar-refractivity contribution in [2.45, 2.75) is 51.9 Å². The van der Waals surface area contributed by atoms with Crippen molar-refractivity contribution in [1.82, 2.24) is 0 Å². The number of benzene rings is 1. The number of fused-ring (bicyclic) bond motifs is 1. The Bertz CT molecular complexity index is 454. The number of hydrogen-bond donors (Lipinski definition) is 0. The number of carbonyl (C=O) groups excluding carboxylic acids is 1. The zero-order valence-electron chi connectivity index (χ0n) is 11.5. The third kappa shape index (κ3) is 3.82. The molecular formula is C16H21BrO2. The molecule has 0 aromatic heterocycles. The fourth-order valence-corrected chi connectivity index (χ4v) is 3.01. The lowest BCUT2D eigenvalue weighted by atomic mass is 10.0. The molecule has 0 fully saturated rings. The summed E-state index contributed by atoms with van der Waals surface area (Å²) in [4.78, 5) is 12.3. The highest BCUT2D eigenvalue weighted by molar-refractivity contribution is 9.10. The van der Waals surface area contributed by atoms with E-state index in [0.29, 0.717) is 13.0 Å². The van der Waals surface area contributed by atoms with E-state index in [9.17, 15) is 4.79 Å². The Morgan fingerprint density at radius 3 is 2.84 bits per heavy atom. The number of hydrogen-bond acceptors (Lipinski definition) is 2. The monoisotopic (exact) mass is 324 g/mol. The Balaban J connectivity index is 1.96. The van der Waals surface area contributed by atoms with Gasteiger partial charge in [-0.25, -0.2) is 0 Å². The summed E-state index contributed by atoms with van der Waals surface area (Å²) in [5.41, 5.74) is 1.92. The van der Waals surface area contributed by atoms with Gasteiger partial charge in [0.25, 0.3) is 0 Å². The van der Waals surface area contributed by atoms with E-state index in [1.165, 1.54) is 19.3 Å². The predicted octanol–water partition coefficient (Wildman–Crippen LogP) is 4.93. The average Bonchev–Trinajstić information content (AvgIpc) is 2.85. The fourth-order valence-electron chi connectivity index (χ4n) is 2.50. The summed E-state index contributed by atoms with van der Waals surface area (Å²) >= 11 is 3.48. The summed E-state index contributed by atoms with van der Waals surface area (Å²) < 4.78 is 6.59. The van der Waals surface area contributed by atoms with E-state index in [0.717, 1.165) is 40.6 Å².